The van der Waals surface area contributed by atoms with Gasteiger partial charge in [-0.25, -0.2) is 0 Å². The smallest absolute Gasteiger partial charge is 0.232 e. The Labute approximate surface area is 161 Å². The minimum Gasteiger partial charge on any atom is -0.322 e. The topological polar surface area (TPSA) is 46.9 Å². The molecule has 140 valence electrons. The molecule has 0 unspecified atom stereocenters. The van der Waals surface area contributed by atoms with Crippen LogP contribution in [0.1, 0.15) is 47.3 Å². The molecule has 0 aliphatic carbocycles. The first kappa shape index (κ1) is 18.9. The molecule has 1 aromatic heterocycles. The highest BCUT2D eigenvalue weighted by molar-refractivity contribution is 5.96. The van der Waals surface area contributed by atoms with Crippen molar-refractivity contribution in [2.45, 2.75) is 46.6 Å². The van der Waals surface area contributed by atoms with E-state index in [2.05, 4.69) is 29.5 Å². The Morgan fingerprint density at radius 3 is 2.37 bits per heavy atom. The van der Waals surface area contributed by atoms with Crippen molar-refractivity contribution in [3.8, 4) is 0 Å². The summed E-state index contributed by atoms with van der Waals surface area (Å²) in [5.41, 5.74) is 6.16. The van der Waals surface area contributed by atoms with Gasteiger partial charge in [0.05, 0.1) is 29.5 Å². The van der Waals surface area contributed by atoms with Gasteiger partial charge in [-0.1, -0.05) is 61.5 Å². The number of anilines is 1. The van der Waals surface area contributed by atoms with Gasteiger partial charge in [0.1, 0.15) is 0 Å². The second-order valence-electron chi connectivity index (χ2n) is 6.99. The van der Waals surface area contributed by atoms with Crippen molar-refractivity contribution in [2.75, 3.05) is 5.32 Å². The number of hydrogen-bond acceptors (Lipinski definition) is 2. The monoisotopic (exact) mass is 361 g/mol. The summed E-state index contributed by atoms with van der Waals surface area (Å²) in [6.07, 6.45) is 0.755. The lowest BCUT2D eigenvalue weighted by Crippen LogP contribution is -2.21. The summed E-state index contributed by atoms with van der Waals surface area (Å²) >= 11 is 0. The Hall–Kier alpha value is -2.88. The second-order valence-corrected chi connectivity index (χ2v) is 6.99. The normalized spacial score (nSPS) is 12.0. The Morgan fingerprint density at radius 1 is 1.04 bits per heavy atom. The summed E-state index contributed by atoms with van der Waals surface area (Å²) < 4.78 is 1.97. The zero-order valence-electron chi connectivity index (χ0n) is 16.5. The van der Waals surface area contributed by atoms with Crippen LogP contribution in [0.2, 0.25) is 0 Å². The van der Waals surface area contributed by atoms with Crippen molar-refractivity contribution >= 4 is 11.6 Å². The molecule has 0 aliphatic heterocycles. The number of hydrogen-bond donors (Lipinski definition) is 1. The molecule has 3 rings (SSSR count). The van der Waals surface area contributed by atoms with Crippen LogP contribution in [0.4, 0.5) is 5.69 Å². The first-order valence-electron chi connectivity index (χ1n) is 9.45. The standard InChI is InChI=1S/C23H27N3O/c1-5-21(19-12-7-6-8-13-19)23(27)24-22-17(3)25-26(18(22)4)15-20-14-10-9-11-16(20)2/h6-14,21H,5,15H2,1-4H3,(H,24,27)/t21-/m1/s1. The molecule has 1 amide bonds. The van der Waals surface area contributed by atoms with Crippen LogP contribution < -0.4 is 5.32 Å². The SMILES string of the molecule is CC[C@@H](C(=O)Nc1c(C)nn(Cc2ccccc2C)c1C)c1ccccc1. The first-order valence-corrected chi connectivity index (χ1v) is 9.45. The number of benzene rings is 2. The summed E-state index contributed by atoms with van der Waals surface area (Å²) in [6.45, 7) is 8.80. The van der Waals surface area contributed by atoms with Crippen molar-refractivity contribution in [2.24, 2.45) is 0 Å². The molecular formula is C23H27N3O. The van der Waals surface area contributed by atoms with Crippen molar-refractivity contribution in [3.05, 3.63) is 82.7 Å². The molecule has 0 bridgehead atoms. The Balaban J connectivity index is 1.82. The predicted octanol–water partition coefficient (Wildman–Crippen LogP) is 4.99. The summed E-state index contributed by atoms with van der Waals surface area (Å²) in [5, 5.41) is 7.79. The van der Waals surface area contributed by atoms with Crippen LogP contribution in [0.3, 0.4) is 0 Å². The largest absolute Gasteiger partial charge is 0.322 e. The number of amides is 1. The molecule has 2 aromatic carbocycles. The van der Waals surface area contributed by atoms with E-state index in [1.165, 1.54) is 11.1 Å². The van der Waals surface area contributed by atoms with Crippen molar-refractivity contribution < 1.29 is 4.79 Å². The number of carbonyl (C=O) groups excluding carboxylic acids is 1. The van der Waals surface area contributed by atoms with Gasteiger partial charge in [0.15, 0.2) is 0 Å². The van der Waals surface area contributed by atoms with Crippen LogP contribution in [0.25, 0.3) is 0 Å². The fraction of sp³-hybridized carbons (Fsp3) is 0.304. The summed E-state index contributed by atoms with van der Waals surface area (Å²) in [4.78, 5) is 12.9. The fourth-order valence-corrected chi connectivity index (χ4v) is 3.45. The van der Waals surface area contributed by atoms with Crippen LogP contribution in [-0.4, -0.2) is 15.7 Å². The number of aromatic nitrogens is 2. The van der Waals surface area contributed by atoms with Crippen LogP contribution in [-0.2, 0) is 11.3 Å². The molecule has 0 radical (unpaired) electrons. The van der Waals surface area contributed by atoms with Crippen molar-refractivity contribution in [3.63, 3.8) is 0 Å². The lowest BCUT2D eigenvalue weighted by atomic mass is 9.95. The van der Waals surface area contributed by atoms with E-state index in [1.807, 2.05) is 67.9 Å². The van der Waals surface area contributed by atoms with E-state index >= 15 is 0 Å². The van der Waals surface area contributed by atoms with E-state index in [1.54, 1.807) is 0 Å². The third kappa shape index (κ3) is 4.11. The van der Waals surface area contributed by atoms with Crippen molar-refractivity contribution in [1.29, 1.82) is 0 Å². The third-order valence-electron chi connectivity index (χ3n) is 5.14. The Bertz CT molecular complexity index is 928. The van der Waals surface area contributed by atoms with Gasteiger partial charge in [0.25, 0.3) is 0 Å². The molecule has 0 fully saturated rings. The molecule has 4 nitrogen and oxygen atoms in total. The van der Waals surface area contributed by atoms with Crippen LogP contribution in [0.5, 0.6) is 0 Å². The maximum absolute atomic E-state index is 12.9. The lowest BCUT2D eigenvalue weighted by molar-refractivity contribution is -0.117. The van der Waals surface area contributed by atoms with Gasteiger partial charge >= 0.3 is 0 Å². The van der Waals surface area contributed by atoms with E-state index in [4.69, 9.17) is 0 Å². The molecule has 27 heavy (non-hydrogen) atoms. The van der Waals surface area contributed by atoms with Crippen LogP contribution >= 0.6 is 0 Å². The molecule has 0 saturated heterocycles. The fourth-order valence-electron chi connectivity index (χ4n) is 3.45. The molecule has 4 heteroatoms. The van der Waals surface area contributed by atoms with Gasteiger partial charge in [0.2, 0.25) is 5.91 Å². The molecule has 0 saturated carbocycles. The highest BCUT2D eigenvalue weighted by Crippen LogP contribution is 2.25. The number of nitrogens with zero attached hydrogens (tertiary/aromatic N) is 2. The number of aryl methyl sites for hydroxylation is 2. The van der Waals surface area contributed by atoms with Gasteiger partial charge in [-0.3, -0.25) is 9.48 Å². The molecule has 0 aliphatic rings. The van der Waals surface area contributed by atoms with Crippen molar-refractivity contribution in [1.82, 2.24) is 9.78 Å². The van der Waals surface area contributed by atoms with Gasteiger partial charge in [-0.15, -0.1) is 0 Å². The van der Waals surface area contributed by atoms with E-state index in [0.29, 0.717) is 6.54 Å². The van der Waals surface area contributed by atoms with Gasteiger partial charge in [-0.2, -0.15) is 5.10 Å². The third-order valence-corrected chi connectivity index (χ3v) is 5.14. The van der Waals surface area contributed by atoms with Gasteiger partial charge in [0, 0.05) is 0 Å². The zero-order valence-corrected chi connectivity index (χ0v) is 16.5. The number of rotatable bonds is 6. The highest BCUT2D eigenvalue weighted by atomic mass is 16.1. The molecular weight excluding hydrogens is 334 g/mol. The molecule has 1 atom stereocenters. The minimum absolute atomic E-state index is 0.0188. The Morgan fingerprint density at radius 2 is 1.70 bits per heavy atom. The first-order chi connectivity index (χ1) is 13.0. The van der Waals surface area contributed by atoms with E-state index in [9.17, 15) is 4.79 Å². The average molecular weight is 361 g/mol. The maximum Gasteiger partial charge on any atom is 0.232 e. The zero-order chi connectivity index (χ0) is 19.4. The van der Waals surface area contributed by atoms with E-state index in [-0.39, 0.29) is 11.8 Å². The summed E-state index contributed by atoms with van der Waals surface area (Å²) in [5.74, 6) is -0.143. The van der Waals surface area contributed by atoms with Crippen LogP contribution in [0, 0.1) is 20.8 Å². The molecule has 1 N–H and O–H groups in total. The van der Waals surface area contributed by atoms with E-state index < -0.39 is 0 Å². The van der Waals surface area contributed by atoms with Gasteiger partial charge in [-0.05, 0) is 43.9 Å². The Kier molecular flexibility index (Phi) is 5.75. The summed E-state index contributed by atoms with van der Waals surface area (Å²) in [6, 6.07) is 18.2. The average Bonchev–Trinajstić information content (AvgIpc) is 2.92. The second kappa shape index (κ2) is 8.21. The summed E-state index contributed by atoms with van der Waals surface area (Å²) in [7, 11) is 0. The van der Waals surface area contributed by atoms with Gasteiger partial charge < -0.3 is 5.32 Å². The highest BCUT2D eigenvalue weighted by Gasteiger charge is 2.21. The minimum atomic E-state index is -0.162. The van der Waals surface area contributed by atoms with Crippen LogP contribution in [0.15, 0.2) is 54.6 Å². The molecule has 1 heterocycles. The number of carbonyl (C=O) groups is 1. The quantitative estimate of drug-likeness (QED) is 0.672. The lowest BCUT2D eigenvalue weighted by Gasteiger charge is -2.16. The molecule has 3 aromatic rings. The number of nitrogens with one attached hydrogen (secondary N) is 1. The predicted molar refractivity (Wildman–Crippen MR) is 110 cm³/mol. The maximum atomic E-state index is 12.9. The van der Waals surface area contributed by atoms with E-state index in [0.717, 1.165) is 29.1 Å². The molecule has 0 spiro atoms.